The first-order chi connectivity index (χ1) is 15.7. The van der Waals surface area contributed by atoms with Crippen molar-refractivity contribution in [2.45, 2.75) is 32.3 Å². The summed E-state index contributed by atoms with van der Waals surface area (Å²) in [7, 11) is -2.67. The van der Waals surface area contributed by atoms with Crippen LogP contribution in [0.25, 0.3) is 0 Å². The number of sulfonamides is 1. The van der Waals surface area contributed by atoms with Crippen LogP contribution in [0, 0.1) is 6.92 Å². The number of nitrogens with zero attached hydrogens (tertiary/aromatic N) is 1. The molecule has 172 valence electrons. The van der Waals surface area contributed by atoms with Crippen molar-refractivity contribution < 1.29 is 17.9 Å². The van der Waals surface area contributed by atoms with E-state index in [9.17, 15) is 13.2 Å². The highest BCUT2D eigenvalue weighted by Crippen LogP contribution is 2.55. The predicted molar refractivity (Wildman–Crippen MR) is 131 cm³/mol. The number of carbonyl (C=O) groups is 1. The molecule has 1 saturated heterocycles. The molecule has 0 N–H and O–H groups in total. The molecule has 1 heterocycles. The molecule has 33 heavy (non-hydrogen) atoms. The summed E-state index contributed by atoms with van der Waals surface area (Å²) < 4.78 is 31.4. The van der Waals surface area contributed by atoms with Gasteiger partial charge in [0, 0.05) is 4.90 Å². The fourth-order valence-corrected chi connectivity index (χ4v) is 7.84. The monoisotopic (exact) mass is 521 g/mol. The van der Waals surface area contributed by atoms with E-state index in [4.69, 9.17) is 27.9 Å². The summed E-state index contributed by atoms with van der Waals surface area (Å²) in [6, 6.07) is 22.5. The maximum Gasteiger partial charge on any atom is 0.274 e. The average Bonchev–Trinajstić information content (AvgIpc) is 3.00. The van der Waals surface area contributed by atoms with Crippen LogP contribution in [0.15, 0.2) is 88.7 Å². The highest BCUT2D eigenvalue weighted by molar-refractivity contribution is 8.01. The second-order valence-electron chi connectivity index (χ2n) is 7.61. The van der Waals surface area contributed by atoms with Gasteiger partial charge in [0.15, 0.2) is 0 Å². The van der Waals surface area contributed by atoms with Gasteiger partial charge in [0.25, 0.3) is 15.9 Å². The molecule has 0 saturated carbocycles. The lowest BCUT2D eigenvalue weighted by molar-refractivity contribution is -0.124. The SMILES string of the molecule is COc1ccc(S[C@@H]2[C@@H](c3ccccc3)C(Cl)(Cl)C(=O)N2S(=O)(=O)c2ccc(C)cc2)cc1. The molecule has 3 aromatic carbocycles. The number of amides is 1. The van der Waals surface area contributed by atoms with Crippen LogP contribution in [0.5, 0.6) is 5.75 Å². The third-order valence-corrected chi connectivity index (χ3v) is 9.42. The quantitative estimate of drug-likeness (QED) is 0.394. The van der Waals surface area contributed by atoms with Crippen LogP contribution in [0.4, 0.5) is 0 Å². The Kier molecular flexibility index (Phi) is 6.69. The van der Waals surface area contributed by atoms with Crippen LogP contribution in [-0.2, 0) is 14.8 Å². The van der Waals surface area contributed by atoms with Gasteiger partial charge in [0.05, 0.1) is 17.9 Å². The molecule has 9 heteroatoms. The van der Waals surface area contributed by atoms with Gasteiger partial charge in [0.2, 0.25) is 4.33 Å². The Bertz CT molecular complexity index is 1250. The van der Waals surface area contributed by atoms with Crippen LogP contribution in [-0.4, -0.2) is 35.4 Å². The van der Waals surface area contributed by atoms with E-state index in [1.807, 2.05) is 13.0 Å². The molecular weight excluding hydrogens is 501 g/mol. The lowest BCUT2D eigenvalue weighted by atomic mass is 9.97. The summed E-state index contributed by atoms with van der Waals surface area (Å²) in [5, 5.41) is -0.908. The van der Waals surface area contributed by atoms with Gasteiger partial charge in [0.1, 0.15) is 11.1 Å². The molecule has 0 spiro atoms. The smallest absolute Gasteiger partial charge is 0.274 e. The average molecular weight is 522 g/mol. The molecule has 0 aromatic heterocycles. The number of halogens is 2. The molecule has 0 unspecified atom stereocenters. The van der Waals surface area contributed by atoms with Crippen LogP contribution in [0.2, 0.25) is 0 Å². The number of rotatable bonds is 6. The summed E-state index contributed by atoms with van der Waals surface area (Å²) in [6.07, 6.45) is 0. The van der Waals surface area contributed by atoms with Crippen molar-refractivity contribution in [1.82, 2.24) is 4.31 Å². The first kappa shape index (κ1) is 24.0. The van der Waals surface area contributed by atoms with E-state index in [1.54, 1.807) is 67.8 Å². The lowest BCUT2D eigenvalue weighted by Gasteiger charge is -2.27. The van der Waals surface area contributed by atoms with Crippen LogP contribution < -0.4 is 4.74 Å². The maximum absolute atomic E-state index is 13.7. The van der Waals surface area contributed by atoms with E-state index in [0.717, 1.165) is 14.8 Å². The zero-order valence-corrected chi connectivity index (χ0v) is 21.0. The third kappa shape index (κ3) is 4.47. The van der Waals surface area contributed by atoms with Crippen molar-refractivity contribution in [2.24, 2.45) is 0 Å². The third-order valence-electron chi connectivity index (χ3n) is 5.44. The second-order valence-corrected chi connectivity index (χ2v) is 12.0. The molecule has 0 radical (unpaired) electrons. The van der Waals surface area contributed by atoms with Gasteiger partial charge in [-0.2, -0.15) is 0 Å². The van der Waals surface area contributed by atoms with Crippen molar-refractivity contribution in [3.8, 4) is 5.75 Å². The minimum absolute atomic E-state index is 0.000346. The van der Waals surface area contributed by atoms with Gasteiger partial charge < -0.3 is 4.74 Å². The molecule has 5 nitrogen and oxygen atoms in total. The Morgan fingerprint density at radius 1 is 0.939 bits per heavy atom. The summed E-state index contributed by atoms with van der Waals surface area (Å²) in [6.45, 7) is 1.85. The first-order valence-corrected chi connectivity index (χ1v) is 13.1. The number of hydrogen-bond acceptors (Lipinski definition) is 5. The molecule has 0 aliphatic carbocycles. The molecular formula is C24H21Cl2NO4S2. The number of benzene rings is 3. The second kappa shape index (κ2) is 9.22. The zero-order chi connectivity index (χ0) is 23.8. The van der Waals surface area contributed by atoms with Gasteiger partial charge in [-0.25, -0.2) is 12.7 Å². The fourth-order valence-electron chi connectivity index (χ4n) is 3.72. The highest BCUT2D eigenvalue weighted by Gasteiger charge is 2.62. The van der Waals surface area contributed by atoms with Crippen molar-refractivity contribution in [2.75, 3.05) is 7.11 Å². The number of methoxy groups -OCH3 is 1. The van der Waals surface area contributed by atoms with Gasteiger partial charge in [-0.05, 0) is 48.9 Å². The van der Waals surface area contributed by atoms with Gasteiger partial charge in [-0.3, -0.25) is 4.79 Å². The van der Waals surface area contributed by atoms with Gasteiger partial charge in [-0.15, -0.1) is 0 Å². The van der Waals surface area contributed by atoms with E-state index < -0.39 is 31.6 Å². The molecule has 1 fully saturated rings. The summed E-state index contributed by atoms with van der Waals surface area (Å²) in [5.74, 6) is -1.01. The summed E-state index contributed by atoms with van der Waals surface area (Å²) in [5.41, 5.74) is 1.57. The Balaban J connectivity index is 1.85. The molecule has 4 rings (SSSR count). The van der Waals surface area contributed by atoms with E-state index in [-0.39, 0.29) is 4.90 Å². The molecule has 2 atom stereocenters. The Hall–Kier alpha value is -2.19. The van der Waals surface area contributed by atoms with E-state index in [0.29, 0.717) is 11.3 Å². The van der Waals surface area contributed by atoms with Crippen molar-refractivity contribution in [3.63, 3.8) is 0 Å². The van der Waals surface area contributed by atoms with Crippen molar-refractivity contribution in [1.29, 1.82) is 0 Å². The Labute approximate surface area is 207 Å². The number of hydrogen-bond donors (Lipinski definition) is 0. The first-order valence-electron chi connectivity index (χ1n) is 10.1. The van der Waals surface area contributed by atoms with Crippen molar-refractivity contribution in [3.05, 3.63) is 90.0 Å². The minimum atomic E-state index is -4.23. The van der Waals surface area contributed by atoms with Gasteiger partial charge >= 0.3 is 0 Å². The maximum atomic E-state index is 13.7. The van der Waals surface area contributed by atoms with Crippen molar-refractivity contribution >= 4 is 50.9 Å². The number of aryl methyl sites for hydroxylation is 1. The topological polar surface area (TPSA) is 63.7 Å². The number of alkyl halides is 2. The molecule has 1 amide bonds. The van der Waals surface area contributed by atoms with E-state index in [1.165, 1.54) is 23.9 Å². The summed E-state index contributed by atoms with van der Waals surface area (Å²) >= 11 is 14.4. The Morgan fingerprint density at radius 2 is 1.55 bits per heavy atom. The summed E-state index contributed by atoms with van der Waals surface area (Å²) in [4.78, 5) is 14.2. The normalized spacial score (nSPS) is 20.1. The number of carbonyl (C=O) groups excluding carboxylic acids is 1. The lowest BCUT2D eigenvalue weighted by Crippen LogP contribution is -2.39. The standard InChI is InChI=1S/C24H21Cl2NO4S2/c1-16-8-14-20(15-9-16)33(29,30)27-22(32-19-12-10-18(31-2)11-13-19)21(24(25,26)23(27)28)17-6-4-3-5-7-17/h3-15,21-22H,1-2H3/t21-,22-/m1/s1. The van der Waals surface area contributed by atoms with Crippen LogP contribution in [0.1, 0.15) is 17.0 Å². The number of ether oxygens (including phenoxy) is 1. The van der Waals surface area contributed by atoms with E-state index >= 15 is 0 Å². The van der Waals surface area contributed by atoms with Crippen LogP contribution in [0.3, 0.4) is 0 Å². The van der Waals surface area contributed by atoms with Gasteiger partial charge in [-0.1, -0.05) is 83.0 Å². The largest absolute Gasteiger partial charge is 0.497 e. The molecule has 0 bridgehead atoms. The highest BCUT2D eigenvalue weighted by atomic mass is 35.5. The Morgan fingerprint density at radius 3 is 2.12 bits per heavy atom. The fraction of sp³-hybridized carbons (Fsp3) is 0.208. The van der Waals surface area contributed by atoms with Crippen LogP contribution >= 0.6 is 35.0 Å². The number of thioether (sulfide) groups is 1. The zero-order valence-electron chi connectivity index (χ0n) is 17.8. The molecule has 1 aliphatic heterocycles. The predicted octanol–water partition coefficient (Wildman–Crippen LogP) is 5.61. The molecule has 3 aromatic rings. The molecule has 1 aliphatic rings. The minimum Gasteiger partial charge on any atom is -0.497 e. The van der Waals surface area contributed by atoms with E-state index in [2.05, 4.69) is 0 Å².